The van der Waals surface area contributed by atoms with E-state index in [1.54, 1.807) is 0 Å². The summed E-state index contributed by atoms with van der Waals surface area (Å²) < 4.78 is 51.9. The molecule has 0 aromatic heterocycles. The Balaban J connectivity index is 2.35. The zero-order valence-corrected chi connectivity index (χ0v) is 11.3. The van der Waals surface area contributed by atoms with Gasteiger partial charge in [-0.1, -0.05) is 11.6 Å². The van der Waals surface area contributed by atoms with Gasteiger partial charge in [-0.15, -0.1) is 0 Å². The van der Waals surface area contributed by atoms with Crippen molar-refractivity contribution in [1.29, 1.82) is 0 Å². The highest BCUT2D eigenvalue weighted by Gasteiger charge is 2.17. The summed E-state index contributed by atoms with van der Waals surface area (Å²) in [5.41, 5.74) is 0.0810. The van der Waals surface area contributed by atoms with Gasteiger partial charge in [0.15, 0.2) is 11.6 Å². The third kappa shape index (κ3) is 3.00. The molecule has 0 bridgehead atoms. The monoisotopic (exact) mass is 319 g/mol. The van der Waals surface area contributed by atoms with Crippen molar-refractivity contribution in [3.63, 3.8) is 0 Å². The Kier molecular flexibility index (Phi) is 3.82. The van der Waals surface area contributed by atoms with E-state index in [0.29, 0.717) is 12.1 Å². The molecule has 2 rings (SSSR count). The molecule has 4 nitrogen and oxygen atoms in total. The molecule has 0 fully saturated rings. The number of hydrogen-bond donors (Lipinski definition) is 2. The maximum Gasteiger partial charge on any atom is 0.261 e. The van der Waals surface area contributed by atoms with Gasteiger partial charge in [-0.2, -0.15) is 0 Å². The fourth-order valence-electron chi connectivity index (χ4n) is 1.43. The van der Waals surface area contributed by atoms with E-state index in [2.05, 4.69) is 4.72 Å². The minimum atomic E-state index is -4.08. The molecule has 0 amide bonds. The van der Waals surface area contributed by atoms with Gasteiger partial charge >= 0.3 is 0 Å². The van der Waals surface area contributed by atoms with Crippen LogP contribution in [-0.2, 0) is 10.0 Å². The van der Waals surface area contributed by atoms with Gasteiger partial charge in [-0.3, -0.25) is 4.72 Å². The summed E-state index contributed by atoms with van der Waals surface area (Å²) in [5.74, 6) is -2.62. The van der Waals surface area contributed by atoms with E-state index < -0.39 is 26.6 Å². The number of sulfonamides is 1. The maximum atomic E-state index is 13.0. The fourth-order valence-corrected chi connectivity index (χ4v) is 2.67. The van der Waals surface area contributed by atoms with E-state index >= 15 is 0 Å². The summed E-state index contributed by atoms with van der Waals surface area (Å²) in [6, 6.07) is 5.88. The zero-order chi connectivity index (χ0) is 14.9. The second-order valence-corrected chi connectivity index (χ2v) is 5.94. The van der Waals surface area contributed by atoms with Gasteiger partial charge in [0.05, 0.1) is 15.6 Å². The summed E-state index contributed by atoms with van der Waals surface area (Å²) in [7, 11) is -4.08. The standard InChI is InChI=1S/C12H8ClF2NO3S/c13-9-5-7(1-4-12(9)17)16-20(18,19)8-2-3-10(14)11(15)6-8/h1-6,16-17H. The highest BCUT2D eigenvalue weighted by Crippen LogP contribution is 2.27. The Bertz CT molecular complexity index is 765. The van der Waals surface area contributed by atoms with Crippen LogP contribution in [0.25, 0.3) is 0 Å². The van der Waals surface area contributed by atoms with Crippen LogP contribution in [0, 0.1) is 11.6 Å². The first-order valence-electron chi connectivity index (χ1n) is 5.26. The van der Waals surface area contributed by atoms with Crippen molar-refractivity contribution in [2.75, 3.05) is 4.72 Å². The van der Waals surface area contributed by atoms with Gasteiger partial charge in [0.25, 0.3) is 10.0 Å². The summed E-state index contributed by atoms with van der Waals surface area (Å²) >= 11 is 5.64. The quantitative estimate of drug-likeness (QED) is 0.854. The van der Waals surface area contributed by atoms with E-state index in [4.69, 9.17) is 11.6 Å². The lowest BCUT2D eigenvalue weighted by Gasteiger charge is -2.09. The molecule has 0 saturated carbocycles. The largest absolute Gasteiger partial charge is 0.506 e. The zero-order valence-electron chi connectivity index (χ0n) is 9.77. The van der Waals surface area contributed by atoms with Crippen LogP contribution >= 0.6 is 11.6 Å². The van der Waals surface area contributed by atoms with Gasteiger partial charge in [-0.25, -0.2) is 17.2 Å². The molecule has 0 unspecified atom stereocenters. The van der Waals surface area contributed by atoms with Gasteiger partial charge < -0.3 is 5.11 Å². The van der Waals surface area contributed by atoms with E-state index in [9.17, 15) is 22.3 Å². The number of halogens is 3. The lowest BCUT2D eigenvalue weighted by Crippen LogP contribution is -2.13. The minimum Gasteiger partial charge on any atom is -0.506 e. The van der Waals surface area contributed by atoms with Crippen LogP contribution in [0.5, 0.6) is 5.75 Å². The molecule has 0 heterocycles. The Morgan fingerprint density at radius 2 is 1.75 bits per heavy atom. The van der Waals surface area contributed by atoms with Crippen molar-refractivity contribution in [2.24, 2.45) is 0 Å². The molecule has 0 aliphatic carbocycles. The molecule has 0 aliphatic rings. The molecule has 0 aliphatic heterocycles. The Hall–Kier alpha value is -1.86. The topological polar surface area (TPSA) is 66.4 Å². The lowest BCUT2D eigenvalue weighted by molar-refractivity contribution is 0.475. The van der Waals surface area contributed by atoms with Gasteiger partial charge in [-0.05, 0) is 36.4 Å². The molecule has 2 aromatic carbocycles. The van der Waals surface area contributed by atoms with Crippen molar-refractivity contribution < 1.29 is 22.3 Å². The molecule has 2 N–H and O–H groups in total. The Morgan fingerprint density at radius 1 is 1.05 bits per heavy atom. The van der Waals surface area contributed by atoms with Gasteiger partial charge in [0.1, 0.15) is 5.75 Å². The second kappa shape index (κ2) is 5.26. The van der Waals surface area contributed by atoms with Gasteiger partial charge in [0.2, 0.25) is 0 Å². The highest BCUT2D eigenvalue weighted by atomic mass is 35.5. The normalized spacial score (nSPS) is 11.3. The molecular formula is C12H8ClF2NO3S. The number of nitrogens with one attached hydrogen (secondary N) is 1. The summed E-state index contributed by atoms with van der Waals surface area (Å²) in [6.45, 7) is 0. The van der Waals surface area contributed by atoms with Crippen molar-refractivity contribution in [3.8, 4) is 5.75 Å². The maximum absolute atomic E-state index is 13.0. The fraction of sp³-hybridized carbons (Fsp3) is 0. The van der Waals surface area contributed by atoms with Crippen LogP contribution in [0.3, 0.4) is 0 Å². The molecule has 0 atom stereocenters. The van der Waals surface area contributed by atoms with E-state index in [1.807, 2.05) is 0 Å². The molecule has 0 radical (unpaired) electrons. The van der Waals surface area contributed by atoms with Crippen LogP contribution in [-0.4, -0.2) is 13.5 Å². The van der Waals surface area contributed by atoms with Crippen LogP contribution in [0.4, 0.5) is 14.5 Å². The second-order valence-electron chi connectivity index (χ2n) is 3.85. The predicted octanol–water partition coefficient (Wildman–Crippen LogP) is 3.12. The van der Waals surface area contributed by atoms with Crippen LogP contribution in [0.15, 0.2) is 41.3 Å². The summed E-state index contributed by atoms with van der Waals surface area (Å²) in [4.78, 5) is -0.430. The first kappa shape index (κ1) is 14.5. The highest BCUT2D eigenvalue weighted by molar-refractivity contribution is 7.92. The van der Waals surface area contributed by atoms with Gasteiger partial charge in [0, 0.05) is 0 Å². The number of benzene rings is 2. The van der Waals surface area contributed by atoms with Crippen molar-refractivity contribution >= 4 is 27.3 Å². The molecular weight excluding hydrogens is 312 g/mol. The number of rotatable bonds is 3. The number of phenolic OH excluding ortho intramolecular Hbond substituents is 1. The molecule has 0 spiro atoms. The number of hydrogen-bond acceptors (Lipinski definition) is 3. The van der Waals surface area contributed by atoms with E-state index in [1.165, 1.54) is 18.2 Å². The van der Waals surface area contributed by atoms with Crippen molar-refractivity contribution in [3.05, 3.63) is 53.1 Å². The average Bonchev–Trinajstić information content (AvgIpc) is 2.37. The Labute approximate surface area is 118 Å². The van der Waals surface area contributed by atoms with Crippen LogP contribution < -0.4 is 4.72 Å². The van der Waals surface area contributed by atoms with Crippen LogP contribution in [0.1, 0.15) is 0 Å². The predicted molar refractivity (Wildman–Crippen MR) is 70.3 cm³/mol. The molecule has 8 heteroatoms. The van der Waals surface area contributed by atoms with Crippen molar-refractivity contribution in [2.45, 2.75) is 4.90 Å². The van der Waals surface area contributed by atoms with E-state index in [-0.39, 0.29) is 16.5 Å². The summed E-state index contributed by atoms with van der Waals surface area (Å²) in [5, 5.41) is 9.18. The smallest absolute Gasteiger partial charge is 0.261 e. The average molecular weight is 320 g/mol. The van der Waals surface area contributed by atoms with E-state index in [0.717, 1.165) is 6.07 Å². The van der Waals surface area contributed by atoms with Crippen LogP contribution in [0.2, 0.25) is 5.02 Å². The molecule has 20 heavy (non-hydrogen) atoms. The summed E-state index contributed by atoms with van der Waals surface area (Å²) in [6.07, 6.45) is 0. The van der Waals surface area contributed by atoms with Crippen molar-refractivity contribution in [1.82, 2.24) is 0 Å². The minimum absolute atomic E-state index is 0.0458. The molecule has 0 saturated heterocycles. The third-order valence-electron chi connectivity index (χ3n) is 2.40. The third-order valence-corrected chi connectivity index (χ3v) is 4.08. The lowest BCUT2D eigenvalue weighted by atomic mass is 10.3. The number of anilines is 1. The first-order valence-corrected chi connectivity index (χ1v) is 7.12. The number of aromatic hydroxyl groups is 1. The Morgan fingerprint density at radius 3 is 2.35 bits per heavy atom. The number of phenols is 1. The first-order chi connectivity index (χ1) is 9.29. The SMILES string of the molecule is O=S(=O)(Nc1ccc(O)c(Cl)c1)c1ccc(F)c(F)c1. The molecule has 106 valence electrons. The molecule has 2 aromatic rings.